The summed E-state index contributed by atoms with van der Waals surface area (Å²) in [6.45, 7) is -0.257. The molecule has 15 aromatic carbocycles. The summed E-state index contributed by atoms with van der Waals surface area (Å²) in [5.41, 5.74) is 38.6. The highest BCUT2D eigenvalue weighted by Gasteiger charge is 2.57. The van der Waals surface area contributed by atoms with Crippen molar-refractivity contribution in [1.82, 2.24) is 4.57 Å². The van der Waals surface area contributed by atoms with Gasteiger partial charge in [0.1, 0.15) is 0 Å². The minimum absolute atomic E-state index is 0.257. The van der Waals surface area contributed by atoms with Gasteiger partial charge in [0.25, 0.3) is 6.71 Å². The van der Waals surface area contributed by atoms with E-state index in [0.29, 0.717) is 0 Å². The lowest BCUT2D eigenvalue weighted by atomic mass is 9.32. The van der Waals surface area contributed by atoms with E-state index >= 15 is 0 Å². The van der Waals surface area contributed by atoms with E-state index in [0.717, 1.165) is 28.4 Å². The van der Waals surface area contributed by atoms with Crippen molar-refractivity contribution in [3.8, 4) is 72.4 Å². The van der Waals surface area contributed by atoms with Gasteiger partial charge in [-0.2, -0.15) is 0 Å². The number of anilines is 6. The number of fused-ring (bicyclic) bond motifs is 28. The van der Waals surface area contributed by atoms with Crippen LogP contribution in [0.15, 0.2) is 340 Å². The fourth-order valence-electron chi connectivity index (χ4n) is 19.1. The number of benzene rings is 15. The van der Waals surface area contributed by atoms with E-state index in [1.165, 1.54) is 161 Å². The molecule has 96 heavy (non-hydrogen) atoms. The second kappa shape index (κ2) is 19.2. The predicted molar refractivity (Wildman–Crippen MR) is 398 cm³/mol. The van der Waals surface area contributed by atoms with Crippen LogP contribution in [0.3, 0.4) is 0 Å². The molecule has 0 bridgehead atoms. The van der Waals surface area contributed by atoms with E-state index in [4.69, 9.17) is 0 Å². The zero-order chi connectivity index (χ0) is 62.5. The summed E-state index contributed by atoms with van der Waals surface area (Å²) < 4.78 is 2.54. The topological polar surface area (TPSA) is 11.4 Å². The van der Waals surface area contributed by atoms with Gasteiger partial charge in [-0.25, -0.2) is 0 Å². The first-order chi connectivity index (χ1) is 47.7. The van der Waals surface area contributed by atoms with Crippen molar-refractivity contribution in [3.05, 3.63) is 384 Å². The van der Waals surface area contributed by atoms with E-state index in [1.54, 1.807) is 0 Å². The van der Waals surface area contributed by atoms with Gasteiger partial charge in [-0.05, 0) is 177 Å². The molecule has 16 aromatic rings. The lowest BCUT2D eigenvalue weighted by Crippen LogP contribution is -2.62. The normalized spacial score (nSPS) is 14.4. The van der Waals surface area contributed by atoms with Crippen molar-refractivity contribution in [1.29, 1.82) is 0 Å². The zero-order valence-electron chi connectivity index (χ0n) is 52.3. The molecule has 0 saturated carbocycles. The third kappa shape index (κ3) is 6.53. The van der Waals surface area contributed by atoms with Crippen LogP contribution in [0.2, 0.25) is 0 Å². The molecule has 0 fully saturated rings. The highest BCUT2D eigenvalue weighted by atomic mass is 15.2. The standard InChI is InChI=1S/C92H56BN3/c1-3-24-57(25-4-1)59-46-49-61(50-47-59)94-84-53-51-78-87(71-35-12-20-42-77(71)91(78)72-37-15-7-28-63(72)64-29-8-16-38-73(64)91)90(84)93-79-54-60(58-26-5-2-6-27-58)48-52-82(79)96(86-56-62(55-85(94)89(86)93)95-80-43-21-13-33-68(80)69-34-14-22-44-81(69)95)83-45-23-36-70-67-32-11-19-41-76(67)92(88(70)83)74-39-17-9-30-65(74)66-31-10-18-40-75(66)92/h1-56H. The summed E-state index contributed by atoms with van der Waals surface area (Å²) in [5, 5.41) is 2.45. The Hall–Kier alpha value is -12.2. The largest absolute Gasteiger partial charge is 0.311 e. The molecular formula is C92H56BN3. The number of nitrogens with zero attached hydrogens (tertiary/aromatic N) is 3. The van der Waals surface area contributed by atoms with Gasteiger partial charge >= 0.3 is 0 Å². The van der Waals surface area contributed by atoms with Gasteiger partial charge in [0.05, 0.1) is 33.2 Å². The first kappa shape index (κ1) is 52.3. The van der Waals surface area contributed by atoms with Gasteiger partial charge in [-0.15, -0.1) is 0 Å². The van der Waals surface area contributed by atoms with Gasteiger partial charge < -0.3 is 14.4 Å². The van der Waals surface area contributed by atoms with Crippen LogP contribution >= 0.6 is 0 Å². The van der Waals surface area contributed by atoms with Crippen LogP contribution in [-0.2, 0) is 10.8 Å². The molecule has 2 aliphatic heterocycles. The quantitative estimate of drug-likeness (QED) is 0.159. The molecule has 4 heteroatoms. The number of aromatic nitrogens is 1. The molecule has 442 valence electrons. The Bertz CT molecular complexity index is 5900. The molecule has 0 atom stereocenters. The molecule has 0 amide bonds. The Morgan fingerprint density at radius 1 is 0.240 bits per heavy atom. The second-order valence-electron chi connectivity index (χ2n) is 26.8. The van der Waals surface area contributed by atoms with Gasteiger partial charge in [0.15, 0.2) is 0 Å². The molecule has 3 heterocycles. The summed E-state index contributed by atoms with van der Waals surface area (Å²) in [6, 6.07) is 130. The lowest BCUT2D eigenvalue weighted by molar-refractivity contribution is 0.793. The molecule has 0 radical (unpaired) electrons. The summed E-state index contributed by atoms with van der Waals surface area (Å²) in [7, 11) is 0. The highest BCUT2D eigenvalue weighted by molar-refractivity contribution is 7.01. The molecule has 0 N–H and O–H groups in total. The Morgan fingerprint density at radius 3 is 1.24 bits per heavy atom. The summed E-state index contributed by atoms with van der Waals surface area (Å²) in [5.74, 6) is 0. The van der Waals surface area contributed by atoms with E-state index in [2.05, 4.69) is 354 Å². The fraction of sp³-hybridized carbons (Fsp3) is 0.0217. The van der Waals surface area contributed by atoms with Crippen molar-refractivity contribution in [2.24, 2.45) is 0 Å². The molecule has 2 spiro atoms. The zero-order valence-corrected chi connectivity index (χ0v) is 52.3. The fourth-order valence-corrected chi connectivity index (χ4v) is 19.1. The van der Waals surface area contributed by atoms with Crippen LogP contribution < -0.4 is 26.2 Å². The average Bonchev–Trinajstić information content (AvgIpc) is 1.45. The lowest BCUT2D eigenvalue weighted by Gasteiger charge is -2.46. The van der Waals surface area contributed by atoms with Gasteiger partial charge in [-0.1, -0.05) is 285 Å². The monoisotopic (exact) mass is 1210 g/mol. The average molecular weight is 1210 g/mol. The number of rotatable bonds is 5. The molecule has 6 aliphatic rings. The van der Waals surface area contributed by atoms with Crippen molar-refractivity contribution in [2.45, 2.75) is 10.8 Å². The number of para-hydroxylation sites is 2. The van der Waals surface area contributed by atoms with Gasteiger partial charge in [-0.3, -0.25) is 0 Å². The van der Waals surface area contributed by atoms with Crippen molar-refractivity contribution in [2.75, 3.05) is 9.80 Å². The minimum atomic E-state index is -0.646. The van der Waals surface area contributed by atoms with Gasteiger partial charge in [0, 0.05) is 44.8 Å². The van der Waals surface area contributed by atoms with Crippen LogP contribution in [0.4, 0.5) is 34.1 Å². The van der Waals surface area contributed by atoms with Crippen molar-refractivity contribution >= 4 is 79.0 Å². The number of hydrogen-bond donors (Lipinski definition) is 0. The third-order valence-corrected chi connectivity index (χ3v) is 22.6. The van der Waals surface area contributed by atoms with E-state index in [1.807, 2.05) is 0 Å². The summed E-state index contributed by atoms with van der Waals surface area (Å²) in [4.78, 5) is 5.39. The molecular weight excluding hydrogens is 1160 g/mol. The van der Waals surface area contributed by atoms with E-state index < -0.39 is 10.8 Å². The van der Waals surface area contributed by atoms with E-state index in [9.17, 15) is 0 Å². The summed E-state index contributed by atoms with van der Waals surface area (Å²) in [6.07, 6.45) is 0. The first-order valence-electron chi connectivity index (χ1n) is 33.7. The minimum Gasteiger partial charge on any atom is -0.311 e. The molecule has 22 rings (SSSR count). The maximum absolute atomic E-state index is 2.73. The van der Waals surface area contributed by atoms with Crippen molar-refractivity contribution < 1.29 is 0 Å². The van der Waals surface area contributed by atoms with Crippen LogP contribution in [-0.4, -0.2) is 11.3 Å². The predicted octanol–water partition coefficient (Wildman–Crippen LogP) is 20.9. The number of hydrogen-bond acceptors (Lipinski definition) is 2. The maximum Gasteiger partial charge on any atom is 0.252 e. The van der Waals surface area contributed by atoms with Crippen LogP contribution in [0.1, 0.15) is 44.5 Å². The summed E-state index contributed by atoms with van der Waals surface area (Å²) >= 11 is 0. The third-order valence-electron chi connectivity index (χ3n) is 22.6. The highest BCUT2D eigenvalue weighted by Crippen LogP contribution is 2.67. The Morgan fingerprint density at radius 2 is 0.667 bits per heavy atom. The molecule has 3 nitrogen and oxygen atoms in total. The van der Waals surface area contributed by atoms with Crippen LogP contribution in [0, 0.1) is 0 Å². The van der Waals surface area contributed by atoms with Crippen LogP contribution in [0.25, 0.3) is 94.3 Å². The van der Waals surface area contributed by atoms with Crippen molar-refractivity contribution in [3.63, 3.8) is 0 Å². The molecule has 1 aromatic heterocycles. The SMILES string of the molecule is c1ccc(-c2ccc(N3c4cc(-n5c6ccccc6c6ccccc65)cc5c4B(c4cc(-c6ccccc6)ccc4N5c4cccc5c4C4(c6ccccc6-c6ccccc64)c4ccccc4-5)c4c3ccc3c4-c4ccccc4C34c3ccccc3-c3ccccc34)cc2)cc1. The molecule has 0 saturated heterocycles. The van der Waals surface area contributed by atoms with Crippen LogP contribution in [0.5, 0.6) is 0 Å². The Kier molecular flexibility index (Phi) is 10.5. The Balaban J connectivity index is 0.920. The molecule has 0 unspecified atom stereocenters. The molecule has 4 aliphatic carbocycles. The van der Waals surface area contributed by atoms with E-state index in [-0.39, 0.29) is 6.71 Å². The first-order valence-corrected chi connectivity index (χ1v) is 33.7. The second-order valence-corrected chi connectivity index (χ2v) is 26.8. The maximum atomic E-state index is 2.73. The Labute approximate surface area is 557 Å². The van der Waals surface area contributed by atoms with Gasteiger partial charge in [0.2, 0.25) is 0 Å². The smallest absolute Gasteiger partial charge is 0.252 e.